The highest BCUT2D eigenvalue weighted by Crippen LogP contribution is 2.08. The van der Waals surface area contributed by atoms with Gasteiger partial charge in [0.2, 0.25) is 5.91 Å². The molecule has 2 rings (SSSR count). The lowest BCUT2D eigenvalue weighted by Crippen LogP contribution is -2.39. The zero-order chi connectivity index (χ0) is 18.8. The summed E-state index contributed by atoms with van der Waals surface area (Å²) in [6.07, 6.45) is 2.46. The molecule has 0 spiro atoms. The van der Waals surface area contributed by atoms with Gasteiger partial charge in [0.25, 0.3) is 0 Å². The Morgan fingerprint density at radius 1 is 1.27 bits per heavy atom. The van der Waals surface area contributed by atoms with Crippen LogP contribution in [0.3, 0.4) is 0 Å². The Labute approximate surface area is 156 Å². The number of rotatable bonds is 7. The van der Waals surface area contributed by atoms with Crippen molar-refractivity contribution in [1.29, 1.82) is 0 Å². The van der Waals surface area contributed by atoms with E-state index in [1.165, 1.54) is 18.2 Å². The first-order chi connectivity index (χ1) is 12.6. The highest BCUT2D eigenvalue weighted by molar-refractivity contribution is 6.29. The minimum atomic E-state index is -0.405. The number of benzene rings is 1. The molecule has 0 saturated heterocycles. The average Bonchev–Trinajstić information content (AvgIpc) is 2.61. The first kappa shape index (κ1) is 19.7. The molecule has 1 heterocycles. The molecule has 0 aliphatic carbocycles. The number of aliphatic imine (C=N–C) groups is 1. The number of pyridine rings is 1. The van der Waals surface area contributed by atoms with Gasteiger partial charge in [0, 0.05) is 25.0 Å². The second-order valence-electron chi connectivity index (χ2n) is 5.42. The number of hydrogen-bond donors (Lipinski definition) is 3. The number of anilines is 1. The van der Waals surface area contributed by atoms with Crippen molar-refractivity contribution in [3.63, 3.8) is 0 Å². The van der Waals surface area contributed by atoms with Gasteiger partial charge in [-0.2, -0.15) is 0 Å². The fraction of sp³-hybridized carbons (Fsp3) is 0.278. The van der Waals surface area contributed by atoms with E-state index in [9.17, 15) is 9.18 Å². The van der Waals surface area contributed by atoms with Gasteiger partial charge >= 0.3 is 0 Å². The molecule has 0 aliphatic heterocycles. The van der Waals surface area contributed by atoms with Crippen LogP contribution < -0.4 is 16.0 Å². The molecule has 6 nitrogen and oxygen atoms in total. The second-order valence-corrected chi connectivity index (χ2v) is 5.81. The predicted octanol–water partition coefficient (Wildman–Crippen LogP) is 2.61. The molecule has 0 aliphatic rings. The predicted molar refractivity (Wildman–Crippen MR) is 102 cm³/mol. The number of hydrogen-bond acceptors (Lipinski definition) is 3. The maximum absolute atomic E-state index is 13.1. The van der Waals surface area contributed by atoms with Crippen molar-refractivity contribution < 1.29 is 9.18 Å². The number of aromatic nitrogens is 1. The molecule has 0 saturated carbocycles. The third-order valence-electron chi connectivity index (χ3n) is 3.33. The Morgan fingerprint density at radius 2 is 2.12 bits per heavy atom. The van der Waals surface area contributed by atoms with Crippen LogP contribution in [-0.2, 0) is 11.2 Å². The molecular weight excluding hydrogens is 357 g/mol. The van der Waals surface area contributed by atoms with E-state index in [0.29, 0.717) is 29.9 Å². The highest BCUT2D eigenvalue weighted by atomic mass is 35.5. The summed E-state index contributed by atoms with van der Waals surface area (Å²) < 4.78 is 13.1. The number of carbonyl (C=O) groups is 1. The summed E-state index contributed by atoms with van der Waals surface area (Å²) in [6.45, 7) is 3.15. The topological polar surface area (TPSA) is 78.4 Å². The highest BCUT2D eigenvalue weighted by Gasteiger charge is 2.04. The van der Waals surface area contributed by atoms with Crippen molar-refractivity contribution in [3.05, 3.63) is 59.1 Å². The van der Waals surface area contributed by atoms with E-state index in [4.69, 9.17) is 11.6 Å². The lowest BCUT2D eigenvalue weighted by molar-refractivity contribution is -0.114. The summed E-state index contributed by atoms with van der Waals surface area (Å²) in [5.74, 6) is -0.198. The molecule has 0 radical (unpaired) electrons. The van der Waals surface area contributed by atoms with E-state index < -0.39 is 5.82 Å². The van der Waals surface area contributed by atoms with E-state index in [-0.39, 0.29) is 12.5 Å². The van der Waals surface area contributed by atoms with Crippen LogP contribution in [-0.4, -0.2) is 36.5 Å². The van der Waals surface area contributed by atoms with Crippen molar-refractivity contribution >= 4 is 29.2 Å². The van der Waals surface area contributed by atoms with Crippen LogP contribution in [0.5, 0.6) is 0 Å². The summed E-state index contributed by atoms with van der Waals surface area (Å²) in [7, 11) is 0. The quantitative estimate of drug-likeness (QED) is 0.394. The van der Waals surface area contributed by atoms with Crippen LogP contribution in [0.15, 0.2) is 47.6 Å². The van der Waals surface area contributed by atoms with Crippen LogP contribution >= 0.6 is 11.6 Å². The maximum atomic E-state index is 13.1. The molecule has 8 heteroatoms. The third-order valence-corrected chi connectivity index (χ3v) is 3.55. The van der Waals surface area contributed by atoms with Crippen molar-refractivity contribution in [1.82, 2.24) is 15.6 Å². The van der Waals surface area contributed by atoms with Gasteiger partial charge in [-0.1, -0.05) is 23.7 Å². The van der Waals surface area contributed by atoms with E-state index in [0.717, 1.165) is 12.0 Å². The first-order valence-corrected chi connectivity index (χ1v) is 8.62. The Balaban J connectivity index is 1.83. The minimum absolute atomic E-state index is 0.0751. The Hall–Kier alpha value is -2.67. The Bertz CT molecular complexity index is 752. The molecule has 3 N–H and O–H groups in total. The lowest BCUT2D eigenvalue weighted by atomic mass is 10.2. The van der Waals surface area contributed by atoms with E-state index in [1.807, 2.05) is 13.0 Å². The normalized spacial score (nSPS) is 11.1. The van der Waals surface area contributed by atoms with E-state index >= 15 is 0 Å². The summed E-state index contributed by atoms with van der Waals surface area (Å²) >= 11 is 5.76. The second kappa shape index (κ2) is 10.4. The molecule has 2 aromatic rings. The summed E-state index contributed by atoms with van der Waals surface area (Å²) in [4.78, 5) is 20.2. The summed E-state index contributed by atoms with van der Waals surface area (Å²) in [5.41, 5.74) is 1.44. The van der Waals surface area contributed by atoms with Crippen molar-refractivity contribution in [2.24, 2.45) is 4.99 Å². The van der Waals surface area contributed by atoms with Crippen LogP contribution in [0.1, 0.15) is 12.5 Å². The van der Waals surface area contributed by atoms with Gasteiger partial charge in [0.1, 0.15) is 17.5 Å². The average molecular weight is 378 g/mol. The van der Waals surface area contributed by atoms with Crippen LogP contribution in [0.25, 0.3) is 0 Å². The van der Waals surface area contributed by atoms with Gasteiger partial charge in [0.05, 0.1) is 0 Å². The molecule has 0 unspecified atom stereocenters. The molecule has 0 bridgehead atoms. The fourth-order valence-electron chi connectivity index (χ4n) is 2.14. The summed E-state index contributed by atoms with van der Waals surface area (Å²) in [6, 6.07) is 9.38. The maximum Gasteiger partial charge on any atom is 0.246 e. The minimum Gasteiger partial charge on any atom is -0.357 e. The number of nitrogens with one attached hydrogen (secondary N) is 3. The Morgan fingerprint density at radius 3 is 2.81 bits per heavy atom. The van der Waals surface area contributed by atoms with Gasteiger partial charge in [-0.3, -0.25) is 4.79 Å². The fourth-order valence-corrected chi connectivity index (χ4v) is 2.25. The molecule has 0 atom stereocenters. The molecule has 1 aromatic heterocycles. The summed E-state index contributed by atoms with van der Waals surface area (Å²) in [5, 5.41) is 9.28. The molecule has 0 fully saturated rings. The van der Waals surface area contributed by atoms with Crippen molar-refractivity contribution in [2.45, 2.75) is 13.3 Å². The molecular formula is C18H21ClFN5O. The van der Waals surface area contributed by atoms with Crippen LogP contribution in [0.4, 0.5) is 10.1 Å². The lowest BCUT2D eigenvalue weighted by Gasteiger charge is -2.11. The molecule has 1 aromatic carbocycles. The molecule has 26 heavy (non-hydrogen) atoms. The van der Waals surface area contributed by atoms with Crippen molar-refractivity contribution in [2.75, 3.05) is 25.0 Å². The monoisotopic (exact) mass is 377 g/mol. The molecule has 1 amide bonds. The zero-order valence-electron chi connectivity index (χ0n) is 14.4. The van der Waals surface area contributed by atoms with Gasteiger partial charge in [-0.15, -0.1) is 0 Å². The number of guanidine groups is 1. The van der Waals surface area contributed by atoms with Gasteiger partial charge in [0.15, 0.2) is 5.96 Å². The number of amides is 1. The Kier molecular flexibility index (Phi) is 7.82. The van der Waals surface area contributed by atoms with Crippen LogP contribution in [0, 0.1) is 5.82 Å². The van der Waals surface area contributed by atoms with E-state index in [2.05, 4.69) is 25.9 Å². The smallest absolute Gasteiger partial charge is 0.246 e. The van der Waals surface area contributed by atoms with Gasteiger partial charge < -0.3 is 16.0 Å². The SMILES string of the molecule is CCNC(=NCC(=O)Nc1cccc(F)c1)NCCc1ccc(Cl)nc1. The number of carbonyl (C=O) groups excluding carboxylic acids is 1. The van der Waals surface area contributed by atoms with Gasteiger partial charge in [-0.25, -0.2) is 14.4 Å². The van der Waals surface area contributed by atoms with Gasteiger partial charge in [-0.05, 0) is 43.2 Å². The van der Waals surface area contributed by atoms with E-state index in [1.54, 1.807) is 18.3 Å². The first-order valence-electron chi connectivity index (χ1n) is 8.25. The standard InChI is InChI=1S/C18H21ClFN5O/c1-2-21-18(22-9-8-13-6-7-16(19)23-11-13)24-12-17(26)25-15-5-3-4-14(20)10-15/h3-7,10-11H,2,8-9,12H2,1H3,(H,25,26)(H2,21,22,24). The third kappa shape index (κ3) is 7.06. The molecule has 138 valence electrons. The van der Waals surface area contributed by atoms with Crippen molar-refractivity contribution in [3.8, 4) is 0 Å². The largest absolute Gasteiger partial charge is 0.357 e. The number of halogens is 2. The van der Waals surface area contributed by atoms with Crippen LogP contribution in [0.2, 0.25) is 5.15 Å². The number of nitrogens with zero attached hydrogens (tertiary/aromatic N) is 2. The zero-order valence-corrected chi connectivity index (χ0v) is 15.2.